The molecule has 1 fully saturated rings. The number of likely N-dealkylation sites (tertiary alicyclic amines) is 1. The van der Waals surface area contributed by atoms with E-state index >= 15 is 0 Å². The Morgan fingerprint density at radius 3 is 2.48 bits per heavy atom. The zero-order chi connectivity index (χ0) is 23.5. The maximum Gasteiger partial charge on any atom is 0.290 e. The normalized spacial score (nSPS) is 15.6. The first-order chi connectivity index (χ1) is 15.9. The van der Waals surface area contributed by atoms with Crippen LogP contribution in [0, 0.1) is 5.92 Å². The van der Waals surface area contributed by atoms with Gasteiger partial charge in [-0.25, -0.2) is 4.68 Å². The van der Waals surface area contributed by atoms with Crippen molar-refractivity contribution in [3.8, 4) is 0 Å². The second-order valence-electron chi connectivity index (χ2n) is 7.73. The van der Waals surface area contributed by atoms with Gasteiger partial charge in [0.05, 0.1) is 11.3 Å². The van der Waals surface area contributed by atoms with Crippen LogP contribution in [0.15, 0.2) is 53.3 Å². The number of amides is 3. The van der Waals surface area contributed by atoms with Crippen molar-refractivity contribution in [1.29, 1.82) is 0 Å². The van der Waals surface area contributed by atoms with Crippen LogP contribution in [0.2, 0.25) is 5.02 Å². The van der Waals surface area contributed by atoms with Gasteiger partial charge in [0, 0.05) is 36.5 Å². The zero-order valence-corrected chi connectivity index (χ0v) is 18.6. The molecule has 0 aliphatic carbocycles. The van der Waals surface area contributed by atoms with Crippen molar-refractivity contribution in [2.75, 3.05) is 6.54 Å². The van der Waals surface area contributed by atoms with Crippen molar-refractivity contribution < 1.29 is 14.4 Å². The Bertz CT molecular complexity index is 1310. The number of rotatable bonds is 5. The summed E-state index contributed by atoms with van der Waals surface area (Å²) in [4.78, 5) is 51.8. The molecule has 9 nitrogen and oxygen atoms in total. The smallest absolute Gasteiger partial charge is 0.290 e. The lowest BCUT2D eigenvalue weighted by Crippen LogP contribution is -2.45. The molecule has 1 aliphatic heterocycles. The molecule has 2 N–H and O–H groups in total. The molecule has 0 bridgehead atoms. The minimum absolute atomic E-state index is 0.0233. The molecule has 0 spiro atoms. The predicted molar refractivity (Wildman–Crippen MR) is 122 cm³/mol. The van der Waals surface area contributed by atoms with Gasteiger partial charge in [0.1, 0.15) is 0 Å². The highest BCUT2D eigenvalue weighted by Gasteiger charge is 2.34. The number of nitrogens with one attached hydrogen (secondary N) is 2. The summed E-state index contributed by atoms with van der Waals surface area (Å²) in [5.74, 6) is -1.91. The molecule has 3 aromatic rings. The van der Waals surface area contributed by atoms with Crippen molar-refractivity contribution in [1.82, 2.24) is 25.5 Å². The molecule has 0 radical (unpaired) electrons. The Morgan fingerprint density at radius 1 is 1.06 bits per heavy atom. The van der Waals surface area contributed by atoms with Crippen molar-refractivity contribution in [2.45, 2.75) is 26.4 Å². The molecule has 1 atom stereocenters. The first-order valence-electron chi connectivity index (χ1n) is 10.5. The van der Waals surface area contributed by atoms with Gasteiger partial charge in [-0.15, -0.1) is 0 Å². The summed E-state index contributed by atoms with van der Waals surface area (Å²) in [6.45, 7) is 2.57. The van der Waals surface area contributed by atoms with E-state index in [-0.39, 0.29) is 30.1 Å². The van der Waals surface area contributed by atoms with E-state index in [9.17, 15) is 19.2 Å². The molecule has 1 aromatic heterocycles. The molecule has 10 heteroatoms. The Kier molecular flexibility index (Phi) is 6.41. The quantitative estimate of drug-likeness (QED) is 0.556. The number of aryl methyl sites for hydroxylation is 1. The minimum atomic E-state index is -0.654. The molecule has 2 heterocycles. The van der Waals surface area contributed by atoms with Crippen LogP contribution in [0.25, 0.3) is 10.8 Å². The summed E-state index contributed by atoms with van der Waals surface area (Å²) < 4.78 is 1.20. The average Bonchev–Trinajstić information content (AvgIpc) is 3.19. The van der Waals surface area contributed by atoms with E-state index in [1.54, 1.807) is 48.2 Å². The van der Waals surface area contributed by atoms with E-state index in [1.165, 1.54) is 4.68 Å². The number of fused-ring (bicyclic) bond motifs is 1. The summed E-state index contributed by atoms with van der Waals surface area (Å²) in [5, 5.41) is 5.45. The summed E-state index contributed by atoms with van der Waals surface area (Å²) in [5.41, 5.74) is 5.27. The van der Waals surface area contributed by atoms with Crippen molar-refractivity contribution in [2.24, 2.45) is 5.92 Å². The Morgan fingerprint density at radius 2 is 1.76 bits per heavy atom. The molecule has 1 saturated heterocycles. The van der Waals surface area contributed by atoms with Crippen LogP contribution < -0.4 is 16.4 Å². The van der Waals surface area contributed by atoms with Gasteiger partial charge in [0.25, 0.3) is 11.5 Å². The second-order valence-corrected chi connectivity index (χ2v) is 8.13. The molecule has 170 valence electrons. The molecular formula is C23H22ClN5O4. The van der Waals surface area contributed by atoms with Crippen LogP contribution in [0.1, 0.15) is 29.4 Å². The fraction of sp³-hybridized carbons (Fsp3) is 0.261. The summed E-state index contributed by atoms with van der Waals surface area (Å²) in [6.07, 6.45) is 0.0358. The second kappa shape index (κ2) is 9.41. The summed E-state index contributed by atoms with van der Waals surface area (Å²) in [6, 6.07) is 13.9. The first kappa shape index (κ1) is 22.5. The molecule has 1 aliphatic rings. The van der Waals surface area contributed by atoms with E-state index < -0.39 is 17.7 Å². The summed E-state index contributed by atoms with van der Waals surface area (Å²) >= 11 is 6.17. The number of hydrazine groups is 1. The van der Waals surface area contributed by atoms with Crippen LogP contribution >= 0.6 is 11.6 Å². The van der Waals surface area contributed by atoms with Gasteiger partial charge < -0.3 is 4.90 Å². The molecule has 1 unspecified atom stereocenters. The van der Waals surface area contributed by atoms with Gasteiger partial charge in [-0.1, -0.05) is 48.0 Å². The third kappa shape index (κ3) is 4.58. The Balaban J connectivity index is 1.43. The molecule has 33 heavy (non-hydrogen) atoms. The lowest BCUT2D eigenvalue weighted by atomic mass is 10.1. The van der Waals surface area contributed by atoms with E-state index in [2.05, 4.69) is 16.0 Å². The van der Waals surface area contributed by atoms with E-state index in [4.69, 9.17) is 11.6 Å². The Hall–Kier alpha value is -3.72. The average molecular weight is 468 g/mol. The van der Waals surface area contributed by atoms with Gasteiger partial charge in [0.15, 0.2) is 5.69 Å². The number of aromatic nitrogens is 2. The molecule has 4 rings (SSSR count). The highest BCUT2D eigenvalue weighted by molar-refractivity contribution is 6.31. The van der Waals surface area contributed by atoms with Gasteiger partial charge >= 0.3 is 0 Å². The number of nitrogens with zero attached hydrogens (tertiary/aromatic N) is 3. The maximum atomic E-state index is 12.8. The van der Waals surface area contributed by atoms with Gasteiger partial charge in [-0.05, 0) is 24.6 Å². The number of carbonyl (C=O) groups excluding carboxylic acids is 3. The standard InChI is InChI=1S/C23H22ClN5O4/c1-2-29-23(33)17-9-5-4-8-16(17)20(27-29)22(32)26-25-21(31)15-11-19(30)28(13-15)12-14-7-3-6-10-18(14)24/h3-10,15H,2,11-13H2,1H3,(H,25,31)(H,26,32). The third-order valence-corrected chi connectivity index (χ3v) is 5.95. The van der Waals surface area contributed by atoms with Gasteiger partial charge in [0.2, 0.25) is 11.8 Å². The van der Waals surface area contributed by atoms with Gasteiger partial charge in [-0.3, -0.25) is 30.0 Å². The largest absolute Gasteiger partial charge is 0.337 e. The number of carbonyl (C=O) groups is 3. The number of benzene rings is 2. The fourth-order valence-electron chi connectivity index (χ4n) is 3.83. The van der Waals surface area contributed by atoms with E-state index in [1.807, 2.05) is 12.1 Å². The van der Waals surface area contributed by atoms with Crippen molar-refractivity contribution in [3.63, 3.8) is 0 Å². The molecular weight excluding hydrogens is 446 g/mol. The molecule has 2 aromatic carbocycles. The zero-order valence-electron chi connectivity index (χ0n) is 17.9. The molecule has 3 amide bonds. The summed E-state index contributed by atoms with van der Waals surface area (Å²) in [7, 11) is 0. The SMILES string of the molecule is CCn1nc(C(=O)NNC(=O)C2CC(=O)N(Cc3ccccc3Cl)C2)c2ccccc2c1=O. The van der Waals surface area contributed by atoms with Crippen LogP contribution in [0.5, 0.6) is 0 Å². The third-order valence-electron chi connectivity index (χ3n) is 5.59. The lowest BCUT2D eigenvalue weighted by Gasteiger charge is -2.17. The van der Waals surface area contributed by atoms with Crippen LogP contribution in [-0.4, -0.2) is 38.9 Å². The van der Waals surface area contributed by atoms with Crippen LogP contribution in [0.4, 0.5) is 0 Å². The predicted octanol–water partition coefficient (Wildman–Crippen LogP) is 1.88. The highest BCUT2D eigenvalue weighted by atomic mass is 35.5. The topological polar surface area (TPSA) is 113 Å². The molecule has 0 saturated carbocycles. The monoisotopic (exact) mass is 467 g/mol. The van der Waals surface area contributed by atoms with Crippen molar-refractivity contribution >= 4 is 40.1 Å². The fourth-order valence-corrected chi connectivity index (χ4v) is 4.03. The van der Waals surface area contributed by atoms with Crippen LogP contribution in [0.3, 0.4) is 0 Å². The number of hydrogen-bond acceptors (Lipinski definition) is 5. The van der Waals surface area contributed by atoms with E-state index in [0.29, 0.717) is 28.9 Å². The lowest BCUT2D eigenvalue weighted by molar-refractivity contribution is -0.129. The Labute approximate surface area is 194 Å². The first-order valence-corrected chi connectivity index (χ1v) is 10.9. The maximum absolute atomic E-state index is 12.8. The minimum Gasteiger partial charge on any atom is -0.337 e. The highest BCUT2D eigenvalue weighted by Crippen LogP contribution is 2.23. The number of hydrogen-bond donors (Lipinski definition) is 2. The van der Waals surface area contributed by atoms with Gasteiger partial charge in [-0.2, -0.15) is 5.10 Å². The van der Waals surface area contributed by atoms with E-state index in [0.717, 1.165) is 5.56 Å². The van der Waals surface area contributed by atoms with Crippen LogP contribution in [-0.2, 0) is 22.7 Å². The number of halogens is 1. The van der Waals surface area contributed by atoms with Crippen molar-refractivity contribution in [3.05, 3.63) is 75.2 Å².